The number of ether oxygens (including phenoxy) is 1. The number of rotatable bonds is 2. The zero-order chi connectivity index (χ0) is 12.8. The fraction of sp³-hybridized carbons (Fsp3) is 0.812. The Labute approximate surface area is 110 Å². The molecule has 3 saturated carbocycles. The van der Waals surface area contributed by atoms with E-state index in [2.05, 4.69) is 6.58 Å². The first kappa shape index (κ1) is 12.3. The molecule has 4 atom stereocenters. The molecule has 0 amide bonds. The smallest absolute Gasteiger partial charge is 0.333 e. The lowest BCUT2D eigenvalue weighted by Crippen LogP contribution is -2.39. The molecule has 4 unspecified atom stereocenters. The Bertz CT molecular complexity index is 373. The molecule has 3 bridgehead atoms. The summed E-state index contributed by atoms with van der Waals surface area (Å²) in [4.78, 5) is 11.8. The standard InChI is InChI=1S/C16H24O2/c1-11(2)15(17)18-14-7-6-13-10-16(14)8-4-3-5-12(13)9-16/h12-14H,1,3-10H2,2H3. The zero-order valence-corrected chi connectivity index (χ0v) is 11.4. The second kappa shape index (κ2) is 4.40. The molecular formula is C16H24O2. The largest absolute Gasteiger partial charge is 0.458 e. The van der Waals surface area contributed by atoms with Crippen molar-refractivity contribution in [3.63, 3.8) is 0 Å². The lowest BCUT2D eigenvalue weighted by molar-refractivity contribution is -0.154. The van der Waals surface area contributed by atoms with Crippen molar-refractivity contribution in [3.8, 4) is 0 Å². The molecule has 0 saturated heterocycles. The van der Waals surface area contributed by atoms with E-state index in [1.165, 1.54) is 44.9 Å². The van der Waals surface area contributed by atoms with Crippen molar-refractivity contribution in [1.29, 1.82) is 0 Å². The van der Waals surface area contributed by atoms with Crippen LogP contribution in [0.4, 0.5) is 0 Å². The van der Waals surface area contributed by atoms with Crippen molar-refractivity contribution in [2.24, 2.45) is 17.3 Å². The molecule has 0 heterocycles. The van der Waals surface area contributed by atoms with Gasteiger partial charge in [-0.15, -0.1) is 0 Å². The molecule has 0 aromatic rings. The van der Waals surface area contributed by atoms with E-state index >= 15 is 0 Å². The van der Waals surface area contributed by atoms with E-state index in [4.69, 9.17) is 4.74 Å². The van der Waals surface area contributed by atoms with Crippen molar-refractivity contribution in [2.45, 2.75) is 64.4 Å². The van der Waals surface area contributed by atoms with Gasteiger partial charge in [-0.25, -0.2) is 4.79 Å². The van der Waals surface area contributed by atoms with E-state index in [0.717, 1.165) is 18.3 Å². The van der Waals surface area contributed by atoms with Gasteiger partial charge < -0.3 is 4.74 Å². The zero-order valence-electron chi connectivity index (χ0n) is 11.4. The van der Waals surface area contributed by atoms with Crippen molar-refractivity contribution >= 4 is 5.97 Å². The summed E-state index contributed by atoms with van der Waals surface area (Å²) in [5.74, 6) is 1.66. The summed E-state index contributed by atoms with van der Waals surface area (Å²) in [6.45, 7) is 5.45. The van der Waals surface area contributed by atoms with Gasteiger partial charge in [0, 0.05) is 11.0 Å². The molecule has 0 N–H and O–H groups in total. The summed E-state index contributed by atoms with van der Waals surface area (Å²) in [5, 5.41) is 0. The van der Waals surface area contributed by atoms with Crippen LogP contribution in [0.1, 0.15) is 58.3 Å². The van der Waals surface area contributed by atoms with Gasteiger partial charge in [-0.05, 0) is 50.9 Å². The minimum absolute atomic E-state index is 0.168. The maximum absolute atomic E-state index is 11.8. The average molecular weight is 248 g/mol. The highest BCUT2D eigenvalue weighted by atomic mass is 16.5. The van der Waals surface area contributed by atoms with Crippen molar-refractivity contribution in [2.75, 3.05) is 0 Å². The Kier molecular flexibility index (Phi) is 2.99. The molecule has 3 fully saturated rings. The lowest BCUT2D eigenvalue weighted by atomic mass is 9.70. The predicted molar refractivity (Wildman–Crippen MR) is 71.0 cm³/mol. The van der Waals surface area contributed by atoms with E-state index in [1.807, 2.05) is 0 Å². The first-order valence-electron chi connectivity index (χ1n) is 7.47. The molecule has 100 valence electrons. The van der Waals surface area contributed by atoms with Crippen LogP contribution in [0.15, 0.2) is 12.2 Å². The van der Waals surface area contributed by atoms with Crippen LogP contribution in [0.2, 0.25) is 0 Å². The average Bonchev–Trinajstić information content (AvgIpc) is 2.46. The Hall–Kier alpha value is -0.790. The summed E-state index contributed by atoms with van der Waals surface area (Å²) >= 11 is 0. The van der Waals surface area contributed by atoms with E-state index in [0.29, 0.717) is 11.0 Å². The van der Waals surface area contributed by atoms with Crippen molar-refractivity contribution < 1.29 is 9.53 Å². The topological polar surface area (TPSA) is 26.3 Å². The van der Waals surface area contributed by atoms with E-state index in [1.54, 1.807) is 6.92 Å². The minimum atomic E-state index is -0.180. The van der Waals surface area contributed by atoms with Crippen LogP contribution >= 0.6 is 0 Å². The third-order valence-corrected chi connectivity index (χ3v) is 5.58. The van der Waals surface area contributed by atoms with Gasteiger partial charge in [0.05, 0.1) is 0 Å². The number of esters is 1. The number of carbonyl (C=O) groups excluding carboxylic acids is 1. The number of hydrogen-bond acceptors (Lipinski definition) is 2. The number of carbonyl (C=O) groups is 1. The molecule has 1 spiro atoms. The van der Waals surface area contributed by atoms with Crippen molar-refractivity contribution in [3.05, 3.63) is 12.2 Å². The van der Waals surface area contributed by atoms with Gasteiger partial charge in [-0.3, -0.25) is 0 Å². The van der Waals surface area contributed by atoms with Crippen LogP contribution in [-0.4, -0.2) is 12.1 Å². The summed E-state index contributed by atoms with van der Waals surface area (Å²) in [5.41, 5.74) is 0.867. The van der Waals surface area contributed by atoms with E-state index in [9.17, 15) is 4.79 Å². The predicted octanol–water partition coefficient (Wildman–Crippen LogP) is 3.85. The molecule has 18 heavy (non-hydrogen) atoms. The molecule has 0 radical (unpaired) electrons. The number of hydrogen-bond donors (Lipinski definition) is 0. The fourth-order valence-corrected chi connectivity index (χ4v) is 4.73. The highest BCUT2D eigenvalue weighted by molar-refractivity contribution is 5.87. The third-order valence-electron chi connectivity index (χ3n) is 5.58. The maximum Gasteiger partial charge on any atom is 0.333 e. The van der Waals surface area contributed by atoms with Crippen LogP contribution < -0.4 is 0 Å². The molecule has 0 aromatic carbocycles. The first-order valence-corrected chi connectivity index (χ1v) is 7.47. The minimum Gasteiger partial charge on any atom is -0.458 e. The van der Waals surface area contributed by atoms with Gasteiger partial charge in [-0.2, -0.15) is 0 Å². The SMILES string of the molecule is C=C(C)C(=O)OC1CCC2CC13CCCCC2C3. The summed E-state index contributed by atoms with van der Waals surface area (Å²) in [6.07, 6.45) is 10.5. The molecule has 2 nitrogen and oxygen atoms in total. The molecule has 0 aliphatic heterocycles. The molecule has 3 aliphatic carbocycles. The molecule has 0 aromatic heterocycles. The molecule has 3 aliphatic rings. The summed E-state index contributed by atoms with van der Waals surface area (Å²) in [7, 11) is 0. The van der Waals surface area contributed by atoms with Gasteiger partial charge in [0.1, 0.15) is 6.10 Å². The highest BCUT2D eigenvalue weighted by Crippen LogP contribution is 2.60. The first-order chi connectivity index (χ1) is 8.61. The lowest BCUT2D eigenvalue weighted by Gasteiger charge is -2.40. The second-order valence-electron chi connectivity index (χ2n) is 6.79. The highest BCUT2D eigenvalue weighted by Gasteiger charge is 2.54. The summed E-state index contributed by atoms with van der Waals surface area (Å²) in [6, 6.07) is 0. The summed E-state index contributed by atoms with van der Waals surface area (Å²) < 4.78 is 5.78. The second-order valence-corrected chi connectivity index (χ2v) is 6.79. The fourth-order valence-electron chi connectivity index (χ4n) is 4.73. The van der Waals surface area contributed by atoms with Crippen LogP contribution in [0, 0.1) is 17.3 Å². The van der Waals surface area contributed by atoms with Crippen LogP contribution in [0.3, 0.4) is 0 Å². The van der Waals surface area contributed by atoms with Gasteiger partial charge >= 0.3 is 5.97 Å². The Morgan fingerprint density at radius 1 is 1.17 bits per heavy atom. The van der Waals surface area contributed by atoms with Gasteiger partial charge in [0.2, 0.25) is 0 Å². The normalized spacial score (nSPS) is 42.2. The van der Waals surface area contributed by atoms with Gasteiger partial charge in [0.25, 0.3) is 0 Å². The van der Waals surface area contributed by atoms with Crippen LogP contribution in [0.25, 0.3) is 0 Å². The Balaban J connectivity index is 1.79. The van der Waals surface area contributed by atoms with Gasteiger partial charge in [-0.1, -0.05) is 25.8 Å². The van der Waals surface area contributed by atoms with E-state index in [-0.39, 0.29) is 12.1 Å². The van der Waals surface area contributed by atoms with E-state index < -0.39 is 0 Å². The Morgan fingerprint density at radius 2 is 1.89 bits per heavy atom. The molecule has 2 heteroatoms. The third kappa shape index (κ3) is 1.90. The quantitative estimate of drug-likeness (QED) is 0.548. The van der Waals surface area contributed by atoms with Crippen LogP contribution in [0.5, 0.6) is 0 Å². The Morgan fingerprint density at radius 3 is 2.61 bits per heavy atom. The van der Waals surface area contributed by atoms with Gasteiger partial charge in [0.15, 0.2) is 0 Å². The van der Waals surface area contributed by atoms with Crippen LogP contribution in [-0.2, 0) is 9.53 Å². The monoisotopic (exact) mass is 248 g/mol. The number of fused-ring (bicyclic) bond motifs is 3. The molecular weight excluding hydrogens is 224 g/mol. The molecule has 3 rings (SSSR count). The maximum atomic E-state index is 11.8. The van der Waals surface area contributed by atoms with Crippen molar-refractivity contribution in [1.82, 2.24) is 0 Å².